The summed E-state index contributed by atoms with van der Waals surface area (Å²) >= 11 is 0. The Labute approximate surface area is 210 Å². The van der Waals surface area contributed by atoms with E-state index in [0.29, 0.717) is 0 Å². The second kappa shape index (κ2) is 13.1. The fraction of sp³-hybridized carbons (Fsp3) is 0.700. The Balaban J connectivity index is 2.05. The Hall–Kier alpha value is -2.78. The van der Waals surface area contributed by atoms with Gasteiger partial charge < -0.3 is 23.7 Å². The highest BCUT2D eigenvalue weighted by Crippen LogP contribution is 2.52. The van der Waals surface area contributed by atoms with Crippen molar-refractivity contribution >= 4 is 20.1 Å². The Kier molecular flexibility index (Phi) is 10.8. The number of H-pyrrole nitrogens is 1. The molecule has 2 rings (SSSR count). The molecular weight excluding hydrogens is 526 g/mol. The topological polar surface area (TPSA) is 180 Å². The Morgan fingerprint density at radius 3 is 2.14 bits per heavy atom. The van der Waals surface area contributed by atoms with E-state index < -0.39 is 81.8 Å². The fourth-order valence-corrected chi connectivity index (χ4v) is 3.97. The van der Waals surface area contributed by atoms with Crippen LogP contribution in [0.15, 0.2) is 21.9 Å². The summed E-state index contributed by atoms with van der Waals surface area (Å²) in [5.41, 5.74) is -1.46. The number of aromatic amines is 1. The first kappa shape index (κ1) is 30.4. The summed E-state index contributed by atoms with van der Waals surface area (Å²) in [6.07, 6.45) is -3.61. The van der Waals surface area contributed by atoms with Crippen molar-refractivity contribution < 1.29 is 55.8 Å². The van der Waals surface area contributed by atoms with E-state index in [1.807, 2.05) is 4.98 Å². The minimum atomic E-state index is -4.72. The molecule has 1 aromatic rings. The molecule has 0 spiro atoms. The van der Waals surface area contributed by atoms with Gasteiger partial charge in [-0.1, -0.05) is 6.92 Å². The second-order valence-electron chi connectivity index (χ2n) is 8.43. The smallest absolute Gasteiger partial charge is 0.432 e. The standard InChI is InChI=1S/C20H30FN2O13P/c1-12(2)34-18(26)29-10-32-37(28,33-11-30-19(27)35-13(3)4)31-9-20(21)8-14(5)16(36-20)23-7-6-15(24)22-17(23)25/h6-7,12-14,16H,8-11H2,1-5H3,(H,22,24,25). The maximum absolute atomic E-state index is 15.5. The lowest BCUT2D eigenvalue weighted by atomic mass is 10.1. The van der Waals surface area contributed by atoms with E-state index >= 15 is 4.39 Å². The van der Waals surface area contributed by atoms with Crippen LogP contribution in [0.25, 0.3) is 0 Å². The number of hydrogen-bond donors (Lipinski definition) is 1. The van der Waals surface area contributed by atoms with Crippen LogP contribution in [0.1, 0.15) is 47.3 Å². The molecule has 1 N–H and O–H groups in total. The summed E-state index contributed by atoms with van der Waals surface area (Å²) in [6, 6.07) is 1.07. The number of nitrogens with zero attached hydrogens (tertiary/aromatic N) is 1. The van der Waals surface area contributed by atoms with Gasteiger partial charge in [0.2, 0.25) is 19.4 Å². The number of rotatable bonds is 12. The third-order valence-electron chi connectivity index (χ3n) is 4.45. The van der Waals surface area contributed by atoms with Crippen LogP contribution < -0.4 is 11.2 Å². The minimum Gasteiger partial charge on any atom is -0.432 e. The van der Waals surface area contributed by atoms with Crippen molar-refractivity contribution in [1.82, 2.24) is 9.55 Å². The molecular formula is C20H30FN2O13P. The van der Waals surface area contributed by atoms with Gasteiger partial charge in [-0.15, -0.1) is 0 Å². The number of carbonyl (C=O) groups is 2. The molecule has 37 heavy (non-hydrogen) atoms. The predicted molar refractivity (Wildman–Crippen MR) is 120 cm³/mol. The van der Waals surface area contributed by atoms with Gasteiger partial charge in [-0.2, -0.15) is 0 Å². The number of halogens is 1. The predicted octanol–water partition coefficient (Wildman–Crippen LogP) is 2.95. The first-order chi connectivity index (χ1) is 17.2. The number of phosphoric ester groups is 1. The van der Waals surface area contributed by atoms with E-state index in [-0.39, 0.29) is 6.42 Å². The number of aromatic nitrogens is 2. The lowest BCUT2D eigenvalue weighted by Crippen LogP contribution is -2.34. The summed E-state index contributed by atoms with van der Waals surface area (Å²) in [4.78, 5) is 48.4. The second-order valence-corrected chi connectivity index (χ2v) is 10.1. The zero-order valence-electron chi connectivity index (χ0n) is 20.9. The molecule has 1 aromatic heterocycles. The van der Waals surface area contributed by atoms with Crippen molar-refractivity contribution in [2.45, 2.75) is 65.3 Å². The molecule has 1 fully saturated rings. The third-order valence-corrected chi connectivity index (χ3v) is 5.74. The van der Waals surface area contributed by atoms with Crippen LogP contribution >= 0.6 is 7.82 Å². The lowest BCUT2D eigenvalue weighted by molar-refractivity contribution is -0.179. The summed E-state index contributed by atoms with van der Waals surface area (Å²) in [7, 11) is -4.72. The van der Waals surface area contributed by atoms with E-state index in [0.717, 1.165) is 16.8 Å². The number of nitrogens with one attached hydrogen (secondary N) is 1. The van der Waals surface area contributed by atoms with E-state index in [9.17, 15) is 23.7 Å². The average molecular weight is 556 g/mol. The van der Waals surface area contributed by atoms with Crippen molar-refractivity contribution in [3.05, 3.63) is 33.1 Å². The average Bonchev–Trinajstić information content (AvgIpc) is 3.06. The Morgan fingerprint density at radius 1 is 1.11 bits per heavy atom. The molecule has 0 bridgehead atoms. The number of ether oxygens (including phenoxy) is 5. The van der Waals surface area contributed by atoms with E-state index in [2.05, 4.69) is 9.47 Å². The maximum Gasteiger partial charge on any atom is 0.510 e. The van der Waals surface area contributed by atoms with Gasteiger partial charge in [-0.3, -0.25) is 18.9 Å². The Morgan fingerprint density at radius 2 is 1.65 bits per heavy atom. The van der Waals surface area contributed by atoms with Crippen molar-refractivity contribution in [2.24, 2.45) is 5.92 Å². The first-order valence-electron chi connectivity index (χ1n) is 11.1. The lowest BCUT2D eigenvalue weighted by Gasteiger charge is -2.24. The zero-order chi connectivity index (χ0) is 27.8. The van der Waals surface area contributed by atoms with Crippen LogP contribution in [-0.4, -0.2) is 60.1 Å². The zero-order valence-corrected chi connectivity index (χ0v) is 21.8. The van der Waals surface area contributed by atoms with Crippen LogP contribution in [0.4, 0.5) is 14.0 Å². The van der Waals surface area contributed by atoms with Crippen molar-refractivity contribution in [3.8, 4) is 0 Å². The normalized spacial score (nSPS) is 21.7. The van der Waals surface area contributed by atoms with Gasteiger partial charge in [0.25, 0.3) is 5.56 Å². The highest BCUT2D eigenvalue weighted by molar-refractivity contribution is 7.48. The molecule has 0 saturated carbocycles. The first-order valence-corrected chi connectivity index (χ1v) is 12.6. The Bertz CT molecular complexity index is 1060. The van der Waals surface area contributed by atoms with Crippen molar-refractivity contribution in [2.75, 3.05) is 20.2 Å². The SMILES string of the molecule is CC(C)OC(=O)OCOP(=O)(OCOC(=O)OC(C)C)OCC1(F)CC(C)C(n2ccc(=O)[nH]c2=O)O1. The van der Waals surface area contributed by atoms with E-state index in [1.165, 1.54) is 0 Å². The van der Waals surface area contributed by atoms with Gasteiger partial charge >= 0.3 is 25.8 Å². The quantitative estimate of drug-likeness (QED) is 0.226. The number of alkyl halides is 1. The minimum absolute atomic E-state index is 0.308. The monoisotopic (exact) mass is 556 g/mol. The molecule has 3 unspecified atom stereocenters. The summed E-state index contributed by atoms with van der Waals surface area (Å²) in [5, 5.41) is 0. The molecule has 210 valence electrons. The number of phosphoric acid groups is 1. The van der Waals surface area contributed by atoms with Gasteiger partial charge in [0.15, 0.2) is 0 Å². The summed E-state index contributed by atoms with van der Waals surface area (Å²) in [6.45, 7) is 4.84. The molecule has 0 aromatic carbocycles. The van der Waals surface area contributed by atoms with Crippen LogP contribution in [-0.2, 0) is 41.8 Å². The van der Waals surface area contributed by atoms with E-state index in [4.69, 9.17) is 27.8 Å². The highest BCUT2D eigenvalue weighted by Gasteiger charge is 2.48. The van der Waals surface area contributed by atoms with Crippen LogP contribution in [0.5, 0.6) is 0 Å². The third kappa shape index (κ3) is 9.89. The van der Waals surface area contributed by atoms with Gasteiger partial charge in [0.05, 0.1) is 12.2 Å². The molecule has 0 amide bonds. The molecule has 1 aliphatic heterocycles. The molecule has 1 aliphatic rings. The van der Waals surface area contributed by atoms with Gasteiger partial charge in [-0.05, 0) is 27.7 Å². The van der Waals surface area contributed by atoms with Gasteiger partial charge in [0, 0.05) is 24.6 Å². The molecule has 0 aliphatic carbocycles. The van der Waals surface area contributed by atoms with Gasteiger partial charge in [0.1, 0.15) is 12.8 Å². The van der Waals surface area contributed by atoms with E-state index in [1.54, 1.807) is 34.6 Å². The number of carbonyl (C=O) groups excluding carboxylic acids is 2. The maximum atomic E-state index is 15.5. The highest BCUT2D eigenvalue weighted by atomic mass is 31.2. The molecule has 15 nitrogen and oxygen atoms in total. The molecule has 3 atom stereocenters. The molecule has 1 saturated heterocycles. The summed E-state index contributed by atoms with van der Waals surface area (Å²) < 4.78 is 68.2. The fourth-order valence-electron chi connectivity index (χ4n) is 3.03. The van der Waals surface area contributed by atoms with Crippen molar-refractivity contribution in [3.63, 3.8) is 0 Å². The van der Waals surface area contributed by atoms with Crippen LogP contribution in [0, 0.1) is 5.92 Å². The van der Waals surface area contributed by atoms with Crippen LogP contribution in [0.3, 0.4) is 0 Å². The van der Waals surface area contributed by atoms with Crippen molar-refractivity contribution in [1.29, 1.82) is 0 Å². The van der Waals surface area contributed by atoms with Gasteiger partial charge in [-0.25, -0.2) is 32.4 Å². The van der Waals surface area contributed by atoms with Crippen LogP contribution in [0.2, 0.25) is 0 Å². The number of hydrogen-bond acceptors (Lipinski definition) is 13. The molecule has 17 heteroatoms. The summed E-state index contributed by atoms with van der Waals surface area (Å²) in [5.74, 6) is -3.15. The molecule has 0 radical (unpaired) electrons. The molecule has 2 heterocycles. The largest absolute Gasteiger partial charge is 0.510 e.